The van der Waals surface area contributed by atoms with Gasteiger partial charge >= 0.3 is 6.61 Å². The van der Waals surface area contributed by atoms with Crippen LogP contribution in [-0.4, -0.2) is 11.5 Å². The van der Waals surface area contributed by atoms with Crippen LogP contribution in [0.3, 0.4) is 0 Å². The number of ether oxygens (including phenoxy) is 1. The summed E-state index contributed by atoms with van der Waals surface area (Å²) in [6, 6.07) is 7.91. The van der Waals surface area contributed by atoms with Crippen LogP contribution in [0.5, 0.6) is 5.75 Å². The van der Waals surface area contributed by atoms with Gasteiger partial charge in [-0.1, -0.05) is 6.07 Å². The zero-order chi connectivity index (χ0) is 17.0. The predicted molar refractivity (Wildman–Crippen MR) is 86.2 cm³/mol. The summed E-state index contributed by atoms with van der Waals surface area (Å²) in [5, 5.41) is 13.7. The van der Waals surface area contributed by atoms with Gasteiger partial charge in [0.25, 0.3) is 5.69 Å². The molecule has 0 saturated carbocycles. The van der Waals surface area contributed by atoms with Gasteiger partial charge in [0.2, 0.25) is 0 Å². The molecule has 2 aromatic rings. The fraction of sp³-hybridized carbons (Fsp3) is 0.143. The Bertz CT molecular complexity index is 728. The van der Waals surface area contributed by atoms with Crippen molar-refractivity contribution in [1.29, 1.82) is 0 Å². The van der Waals surface area contributed by atoms with E-state index in [1.165, 1.54) is 24.3 Å². The molecule has 0 spiro atoms. The molecule has 1 N–H and O–H groups in total. The summed E-state index contributed by atoms with van der Waals surface area (Å²) < 4.78 is 43.6. The Labute approximate surface area is 142 Å². The molecular formula is C14H10F3IN2O3. The summed E-state index contributed by atoms with van der Waals surface area (Å²) >= 11 is 1.97. The molecule has 0 fully saturated rings. The van der Waals surface area contributed by atoms with Crippen molar-refractivity contribution >= 4 is 34.0 Å². The minimum absolute atomic E-state index is 0.138. The molecule has 5 nitrogen and oxygen atoms in total. The maximum Gasteiger partial charge on any atom is 0.387 e. The van der Waals surface area contributed by atoms with E-state index in [9.17, 15) is 23.3 Å². The minimum Gasteiger partial charge on any atom is -0.434 e. The van der Waals surface area contributed by atoms with Gasteiger partial charge in [-0.3, -0.25) is 10.1 Å². The highest BCUT2D eigenvalue weighted by Crippen LogP contribution is 2.29. The zero-order valence-electron chi connectivity index (χ0n) is 11.4. The van der Waals surface area contributed by atoms with E-state index in [0.29, 0.717) is 0 Å². The summed E-state index contributed by atoms with van der Waals surface area (Å²) in [6.45, 7) is -3.34. The number of nitrogens with one attached hydrogen (secondary N) is 1. The van der Waals surface area contributed by atoms with E-state index >= 15 is 0 Å². The van der Waals surface area contributed by atoms with Crippen molar-refractivity contribution in [3.8, 4) is 5.75 Å². The van der Waals surface area contributed by atoms with Crippen molar-refractivity contribution in [2.75, 3.05) is 5.32 Å². The van der Waals surface area contributed by atoms with Crippen LogP contribution in [0.2, 0.25) is 0 Å². The largest absolute Gasteiger partial charge is 0.434 e. The Hall–Kier alpha value is -2.04. The third-order valence-electron chi connectivity index (χ3n) is 2.90. The van der Waals surface area contributed by atoms with E-state index in [2.05, 4.69) is 10.1 Å². The van der Waals surface area contributed by atoms with E-state index in [-0.39, 0.29) is 29.2 Å². The molecule has 0 amide bonds. The van der Waals surface area contributed by atoms with Gasteiger partial charge in [0.05, 0.1) is 4.92 Å². The Balaban J connectivity index is 2.28. The van der Waals surface area contributed by atoms with Crippen molar-refractivity contribution < 1.29 is 22.8 Å². The maximum absolute atomic E-state index is 13.8. The maximum atomic E-state index is 13.8. The van der Waals surface area contributed by atoms with Crippen LogP contribution in [-0.2, 0) is 6.54 Å². The first-order valence-electron chi connectivity index (χ1n) is 6.28. The minimum atomic E-state index is -3.09. The number of nitrogens with zero attached hydrogens (tertiary/aromatic N) is 1. The molecule has 23 heavy (non-hydrogen) atoms. The molecule has 0 aliphatic heterocycles. The Morgan fingerprint density at radius 2 is 2.04 bits per heavy atom. The second-order valence-electron chi connectivity index (χ2n) is 4.37. The molecule has 9 heteroatoms. The van der Waals surface area contributed by atoms with E-state index in [4.69, 9.17) is 0 Å². The van der Waals surface area contributed by atoms with E-state index in [1.807, 2.05) is 22.6 Å². The number of benzene rings is 2. The van der Waals surface area contributed by atoms with Gasteiger partial charge in [-0.25, -0.2) is 4.39 Å². The molecule has 0 heterocycles. The summed E-state index contributed by atoms with van der Waals surface area (Å²) in [5.74, 6) is -1.07. The third-order valence-corrected chi connectivity index (χ3v) is 3.57. The van der Waals surface area contributed by atoms with Crippen LogP contribution < -0.4 is 10.1 Å². The molecule has 0 aliphatic rings. The third kappa shape index (κ3) is 4.47. The van der Waals surface area contributed by atoms with Crippen LogP contribution >= 0.6 is 22.6 Å². The summed E-state index contributed by atoms with van der Waals surface area (Å²) in [6.07, 6.45) is 0. The Morgan fingerprint density at radius 1 is 1.30 bits per heavy atom. The smallest absolute Gasteiger partial charge is 0.387 e. The molecule has 0 saturated heterocycles. The highest BCUT2D eigenvalue weighted by atomic mass is 127. The van der Waals surface area contributed by atoms with Crippen LogP contribution in [0.25, 0.3) is 0 Å². The highest BCUT2D eigenvalue weighted by molar-refractivity contribution is 14.1. The summed E-state index contributed by atoms with van der Waals surface area (Å²) in [4.78, 5) is 10.4. The van der Waals surface area contributed by atoms with Gasteiger partial charge in [0.1, 0.15) is 17.3 Å². The molecule has 0 unspecified atom stereocenters. The van der Waals surface area contributed by atoms with Crippen LogP contribution in [0.1, 0.15) is 5.56 Å². The number of halogens is 4. The second-order valence-corrected chi connectivity index (χ2v) is 5.61. The summed E-state index contributed by atoms with van der Waals surface area (Å²) in [5.41, 5.74) is -0.174. The molecule has 0 bridgehead atoms. The average molecular weight is 438 g/mol. The van der Waals surface area contributed by atoms with Gasteiger partial charge < -0.3 is 10.1 Å². The number of alkyl halides is 2. The first kappa shape index (κ1) is 17.3. The molecule has 2 rings (SSSR count). The van der Waals surface area contributed by atoms with Crippen molar-refractivity contribution in [1.82, 2.24) is 0 Å². The van der Waals surface area contributed by atoms with Gasteiger partial charge in [-0.05, 0) is 46.9 Å². The zero-order valence-corrected chi connectivity index (χ0v) is 13.6. The number of hydrogen-bond donors (Lipinski definition) is 1. The van der Waals surface area contributed by atoms with Crippen molar-refractivity contribution in [2.45, 2.75) is 13.2 Å². The van der Waals surface area contributed by atoms with Crippen LogP contribution in [0.15, 0.2) is 36.4 Å². The lowest BCUT2D eigenvalue weighted by molar-refractivity contribution is -0.384. The van der Waals surface area contributed by atoms with Crippen molar-refractivity contribution in [3.05, 3.63) is 61.5 Å². The first-order valence-corrected chi connectivity index (χ1v) is 7.36. The van der Waals surface area contributed by atoms with E-state index in [0.717, 1.165) is 9.64 Å². The number of nitro groups is 1. The first-order chi connectivity index (χ1) is 10.9. The standard InChI is InChI=1S/C14H10F3IN2O3/c15-10-2-1-3-13(23-14(16)17)9(10)7-19-11-6-8(18)4-5-12(11)20(21)22/h1-6,14,19H,7H2. The SMILES string of the molecule is O=[N+]([O-])c1ccc(I)cc1NCc1c(F)cccc1OC(F)F. The van der Waals surface area contributed by atoms with Crippen LogP contribution in [0, 0.1) is 19.5 Å². The average Bonchev–Trinajstić information content (AvgIpc) is 2.45. The molecule has 0 aromatic heterocycles. The van der Waals surface area contributed by atoms with E-state index in [1.54, 1.807) is 6.07 Å². The highest BCUT2D eigenvalue weighted by Gasteiger charge is 2.17. The molecule has 0 aliphatic carbocycles. The lowest BCUT2D eigenvalue weighted by Gasteiger charge is -2.13. The predicted octanol–water partition coefficient (Wildman–Crippen LogP) is 4.55. The number of hydrogen-bond acceptors (Lipinski definition) is 4. The van der Waals surface area contributed by atoms with Gasteiger partial charge in [0.15, 0.2) is 0 Å². The number of anilines is 1. The molecule has 0 atom stereocenters. The lowest BCUT2D eigenvalue weighted by atomic mass is 10.1. The molecule has 0 radical (unpaired) electrons. The van der Waals surface area contributed by atoms with Crippen molar-refractivity contribution in [3.63, 3.8) is 0 Å². The van der Waals surface area contributed by atoms with Crippen molar-refractivity contribution in [2.24, 2.45) is 0 Å². The molecule has 122 valence electrons. The molecular weight excluding hydrogens is 428 g/mol. The van der Waals surface area contributed by atoms with Gasteiger partial charge in [-0.15, -0.1) is 0 Å². The second kappa shape index (κ2) is 7.49. The van der Waals surface area contributed by atoms with Gasteiger partial charge in [-0.2, -0.15) is 8.78 Å². The Kier molecular flexibility index (Phi) is 5.64. The Morgan fingerprint density at radius 3 is 2.70 bits per heavy atom. The monoisotopic (exact) mass is 438 g/mol. The number of rotatable bonds is 6. The van der Waals surface area contributed by atoms with E-state index < -0.39 is 17.4 Å². The van der Waals surface area contributed by atoms with Crippen LogP contribution in [0.4, 0.5) is 24.5 Å². The fourth-order valence-electron chi connectivity index (χ4n) is 1.91. The normalized spacial score (nSPS) is 10.7. The summed E-state index contributed by atoms with van der Waals surface area (Å²) in [7, 11) is 0. The number of nitro benzene ring substituents is 1. The topological polar surface area (TPSA) is 64.4 Å². The lowest BCUT2D eigenvalue weighted by Crippen LogP contribution is -2.09. The van der Waals surface area contributed by atoms with Gasteiger partial charge in [0, 0.05) is 21.7 Å². The molecule has 2 aromatic carbocycles. The fourth-order valence-corrected chi connectivity index (χ4v) is 2.40. The quantitative estimate of drug-likeness (QED) is 0.409.